The molecule has 0 bridgehead atoms. The number of azide groups is 1. The maximum Gasteiger partial charge on any atom is 0.167 e. The topological polar surface area (TPSA) is 127 Å². The van der Waals surface area contributed by atoms with Gasteiger partial charge in [0.2, 0.25) is 0 Å². The van der Waals surface area contributed by atoms with E-state index in [4.69, 9.17) is 17.0 Å². The van der Waals surface area contributed by atoms with E-state index in [2.05, 4.69) is 31.8 Å². The van der Waals surface area contributed by atoms with E-state index in [1.165, 1.54) is 6.20 Å². The minimum Gasteiger partial charge on any atom is -0.381 e. The SMILES string of the molecule is [N-]=[N+]=NCCC#Cc1cnc(N)c(N)n1. The summed E-state index contributed by atoms with van der Waals surface area (Å²) < 4.78 is 0. The maximum absolute atomic E-state index is 8.01. The summed E-state index contributed by atoms with van der Waals surface area (Å²) in [6.07, 6.45) is 1.91. The molecule has 7 nitrogen and oxygen atoms in total. The summed E-state index contributed by atoms with van der Waals surface area (Å²) >= 11 is 0. The minimum atomic E-state index is 0.164. The Morgan fingerprint density at radius 3 is 2.93 bits per heavy atom. The highest BCUT2D eigenvalue weighted by atomic mass is 15.1. The van der Waals surface area contributed by atoms with Crippen molar-refractivity contribution in [2.45, 2.75) is 6.42 Å². The highest BCUT2D eigenvalue weighted by molar-refractivity contribution is 5.52. The summed E-state index contributed by atoms with van der Waals surface area (Å²) in [5.41, 5.74) is 19.3. The molecule has 0 aliphatic heterocycles. The third kappa shape index (κ3) is 3.42. The average molecular weight is 203 g/mol. The van der Waals surface area contributed by atoms with Crippen LogP contribution in [0.2, 0.25) is 0 Å². The Balaban J connectivity index is 2.64. The normalized spacial score (nSPS) is 8.53. The van der Waals surface area contributed by atoms with Crippen LogP contribution >= 0.6 is 0 Å². The number of anilines is 2. The molecule has 0 amide bonds. The first-order valence-corrected chi connectivity index (χ1v) is 4.11. The fraction of sp³-hybridized carbons (Fsp3) is 0.250. The molecule has 0 aromatic carbocycles. The Morgan fingerprint density at radius 1 is 1.47 bits per heavy atom. The highest BCUT2D eigenvalue weighted by Crippen LogP contribution is 2.05. The van der Waals surface area contributed by atoms with Crippen LogP contribution in [-0.2, 0) is 0 Å². The van der Waals surface area contributed by atoms with Gasteiger partial charge in [-0.25, -0.2) is 9.97 Å². The van der Waals surface area contributed by atoms with Gasteiger partial charge >= 0.3 is 0 Å². The van der Waals surface area contributed by atoms with Crippen LogP contribution < -0.4 is 11.5 Å². The average Bonchev–Trinajstić information content (AvgIpc) is 2.23. The maximum atomic E-state index is 8.01. The molecule has 0 aliphatic rings. The Labute approximate surface area is 86.1 Å². The number of rotatable bonds is 2. The number of nitrogen functional groups attached to an aromatic ring is 2. The number of nitrogens with two attached hydrogens (primary N) is 2. The predicted octanol–water partition coefficient (Wildman–Crippen LogP) is 0.693. The van der Waals surface area contributed by atoms with Gasteiger partial charge in [-0.2, -0.15) is 0 Å². The first kappa shape index (κ1) is 10.6. The van der Waals surface area contributed by atoms with Crippen molar-refractivity contribution in [2.75, 3.05) is 18.0 Å². The third-order valence-electron chi connectivity index (χ3n) is 1.45. The zero-order chi connectivity index (χ0) is 11.1. The molecule has 15 heavy (non-hydrogen) atoms. The van der Waals surface area contributed by atoms with Crippen LogP contribution in [0.4, 0.5) is 11.6 Å². The van der Waals surface area contributed by atoms with Crippen molar-refractivity contribution in [3.05, 3.63) is 22.3 Å². The van der Waals surface area contributed by atoms with Crippen LogP contribution in [0.5, 0.6) is 0 Å². The molecule has 4 N–H and O–H groups in total. The highest BCUT2D eigenvalue weighted by Gasteiger charge is 1.96. The van der Waals surface area contributed by atoms with E-state index in [9.17, 15) is 0 Å². The zero-order valence-corrected chi connectivity index (χ0v) is 7.88. The van der Waals surface area contributed by atoms with Gasteiger partial charge in [0, 0.05) is 17.9 Å². The van der Waals surface area contributed by atoms with Gasteiger partial charge in [0.25, 0.3) is 0 Å². The second-order valence-corrected chi connectivity index (χ2v) is 2.53. The number of nitrogens with zero attached hydrogens (tertiary/aromatic N) is 5. The largest absolute Gasteiger partial charge is 0.381 e. The van der Waals surface area contributed by atoms with Crippen LogP contribution in [0.1, 0.15) is 12.1 Å². The van der Waals surface area contributed by atoms with Gasteiger partial charge in [0.1, 0.15) is 5.69 Å². The summed E-state index contributed by atoms with van der Waals surface area (Å²) in [6.45, 7) is 0.335. The Bertz CT molecular complexity index is 450. The summed E-state index contributed by atoms with van der Waals surface area (Å²) in [5, 5.41) is 3.33. The zero-order valence-electron chi connectivity index (χ0n) is 7.88. The van der Waals surface area contributed by atoms with Gasteiger partial charge < -0.3 is 11.5 Å². The van der Waals surface area contributed by atoms with Crippen LogP contribution in [0.15, 0.2) is 11.3 Å². The first-order valence-electron chi connectivity index (χ1n) is 4.11. The number of aromatic nitrogens is 2. The Morgan fingerprint density at radius 2 is 2.27 bits per heavy atom. The molecular formula is C8H9N7. The quantitative estimate of drug-likeness (QED) is 0.241. The smallest absolute Gasteiger partial charge is 0.167 e. The van der Waals surface area contributed by atoms with E-state index >= 15 is 0 Å². The fourth-order valence-electron chi connectivity index (χ4n) is 0.777. The molecule has 0 saturated heterocycles. The van der Waals surface area contributed by atoms with Crippen LogP contribution in [0, 0.1) is 11.8 Å². The summed E-state index contributed by atoms with van der Waals surface area (Å²) in [4.78, 5) is 10.3. The van der Waals surface area contributed by atoms with Crippen LogP contribution in [-0.4, -0.2) is 16.5 Å². The molecule has 7 heteroatoms. The lowest BCUT2D eigenvalue weighted by Gasteiger charge is -1.96. The van der Waals surface area contributed by atoms with Gasteiger partial charge in [0.05, 0.1) is 6.20 Å². The van der Waals surface area contributed by atoms with Gasteiger partial charge in [-0.1, -0.05) is 11.0 Å². The molecular weight excluding hydrogens is 194 g/mol. The third-order valence-corrected chi connectivity index (χ3v) is 1.45. The van der Waals surface area contributed by atoms with E-state index in [-0.39, 0.29) is 11.6 Å². The van der Waals surface area contributed by atoms with E-state index in [1.54, 1.807) is 0 Å². The van der Waals surface area contributed by atoms with Crippen molar-refractivity contribution in [1.82, 2.24) is 9.97 Å². The molecule has 76 valence electrons. The van der Waals surface area contributed by atoms with Crippen molar-refractivity contribution < 1.29 is 0 Å². The van der Waals surface area contributed by atoms with Gasteiger partial charge in [-0.15, -0.1) is 0 Å². The summed E-state index contributed by atoms with van der Waals surface area (Å²) in [7, 11) is 0. The van der Waals surface area contributed by atoms with Gasteiger partial charge in [-0.05, 0) is 11.5 Å². The Hall–Kier alpha value is -2.45. The monoisotopic (exact) mass is 203 g/mol. The molecule has 1 rings (SSSR count). The van der Waals surface area contributed by atoms with Gasteiger partial charge in [-0.3, -0.25) is 0 Å². The van der Waals surface area contributed by atoms with E-state index in [0.29, 0.717) is 18.7 Å². The number of hydrogen-bond donors (Lipinski definition) is 2. The molecule has 0 radical (unpaired) electrons. The van der Waals surface area contributed by atoms with E-state index in [0.717, 1.165) is 0 Å². The second-order valence-electron chi connectivity index (χ2n) is 2.53. The molecule has 1 aromatic heterocycles. The molecule has 0 spiro atoms. The number of hydrogen-bond acceptors (Lipinski definition) is 5. The molecule has 0 unspecified atom stereocenters. The second kappa shape index (κ2) is 5.32. The van der Waals surface area contributed by atoms with Crippen molar-refractivity contribution in [3.8, 4) is 11.8 Å². The first-order chi connectivity index (χ1) is 7.24. The molecule has 0 saturated carbocycles. The van der Waals surface area contributed by atoms with E-state index in [1.807, 2.05) is 0 Å². The minimum absolute atomic E-state index is 0.164. The van der Waals surface area contributed by atoms with Crippen LogP contribution in [0.25, 0.3) is 10.4 Å². The lowest BCUT2D eigenvalue weighted by Crippen LogP contribution is -2.01. The molecule has 0 aliphatic carbocycles. The van der Waals surface area contributed by atoms with Crippen molar-refractivity contribution in [3.63, 3.8) is 0 Å². The fourth-order valence-corrected chi connectivity index (χ4v) is 0.777. The molecule has 1 aromatic rings. The van der Waals surface area contributed by atoms with Crippen molar-refractivity contribution in [1.29, 1.82) is 0 Å². The van der Waals surface area contributed by atoms with Crippen molar-refractivity contribution >= 4 is 11.6 Å². The van der Waals surface area contributed by atoms with Gasteiger partial charge in [0.15, 0.2) is 11.6 Å². The van der Waals surface area contributed by atoms with Crippen LogP contribution in [0.3, 0.4) is 0 Å². The lowest BCUT2D eigenvalue weighted by molar-refractivity contribution is 1.01. The summed E-state index contributed by atoms with van der Waals surface area (Å²) in [6, 6.07) is 0. The summed E-state index contributed by atoms with van der Waals surface area (Å²) in [5.74, 6) is 5.85. The van der Waals surface area contributed by atoms with E-state index < -0.39 is 0 Å². The standard InChI is InChI=1S/C8H9N7/c9-7-8(10)14-6(5-12-7)3-1-2-4-13-15-11/h5H,2,4H2,(H2,9,12)(H2,10,14). The lowest BCUT2D eigenvalue weighted by atomic mass is 10.4. The molecule has 0 fully saturated rings. The Kier molecular flexibility index (Phi) is 3.77. The predicted molar refractivity (Wildman–Crippen MR) is 56.4 cm³/mol. The van der Waals surface area contributed by atoms with Crippen molar-refractivity contribution in [2.24, 2.45) is 5.11 Å². The molecule has 0 atom stereocenters. The molecule has 1 heterocycles.